The first-order valence-corrected chi connectivity index (χ1v) is 13.8. The summed E-state index contributed by atoms with van der Waals surface area (Å²) in [6.45, 7) is 0. The summed E-state index contributed by atoms with van der Waals surface area (Å²) >= 11 is 10.9. The van der Waals surface area contributed by atoms with E-state index in [9.17, 15) is 4.79 Å². The number of amides is 1. The summed E-state index contributed by atoms with van der Waals surface area (Å²) in [5, 5.41) is 0. The molecule has 1 aromatic carbocycles. The number of hydrogen-bond acceptors (Lipinski definition) is 5. The Kier molecular flexibility index (Phi) is 5.23. The van der Waals surface area contributed by atoms with Gasteiger partial charge in [0.25, 0.3) is 5.91 Å². The topological polar surface area (TPSA) is 20.3 Å². The Hall–Kier alpha value is 0.0900. The van der Waals surface area contributed by atoms with Crippen molar-refractivity contribution in [2.24, 2.45) is 5.92 Å². The fourth-order valence-corrected chi connectivity index (χ4v) is 11.5. The molecule has 1 amide bonds. The summed E-state index contributed by atoms with van der Waals surface area (Å²) in [5.74, 6) is 5.33. The van der Waals surface area contributed by atoms with Gasteiger partial charge in [0, 0.05) is 35.3 Å². The molecule has 0 aromatic heterocycles. The van der Waals surface area contributed by atoms with E-state index in [0.29, 0.717) is 12.0 Å². The van der Waals surface area contributed by atoms with Crippen LogP contribution in [0.4, 0.5) is 0 Å². The van der Waals surface area contributed by atoms with Gasteiger partial charge in [-0.15, -0.1) is 35.3 Å². The van der Waals surface area contributed by atoms with Crippen molar-refractivity contribution in [3.8, 4) is 0 Å². The largest absolute Gasteiger partial charge is 0.316 e. The summed E-state index contributed by atoms with van der Waals surface area (Å²) < 4.78 is 0.279. The van der Waals surface area contributed by atoms with Gasteiger partial charge in [-0.05, 0) is 42.6 Å². The predicted molar refractivity (Wildman–Crippen MR) is 123 cm³/mol. The SMILES string of the molecule is O=C1c2ccccc2C2(SCCS)CC3(SCCCS3)[C@@H]3CCCC[C@H]3N12. The van der Waals surface area contributed by atoms with Crippen molar-refractivity contribution in [1.82, 2.24) is 4.90 Å². The van der Waals surface area contributed by atoms with Crippen molar-refractivity contribution in [1.29, 1.82) is 0 Å². The van der Waals surface area contributed by atoms with E-state index in [1.165, 1.54) is 49.2 Å². The minimum absolute atomic E-state index is 0.188. The van der Waals surface area contributed by atoms with Gasteiger partial charge in [0.15, 0.2) is 0 Å². The molecular weight excluding hydrogens is 411 g/mol. The van der Waals surface area contributed by atoms with E-state index in [4.69, 9.17) is 0 Å². The van der Waals surface area contributed by atoms with Crippen molar-refractivity contribution in [2.45, 2.75) is 53.5 Å². The minimum atomic E-state index is -0.188. The number of carbonyl (C=O) groups is 1. The molecular formula is C21H27NOS4. The lowest BCUT2D eigenvalue weighted by Gasteiger charge is -2.60. The van der Waals surface area contributed by atoms with Gasteiger partial charge in [-0.2, -0.15) is 12.6 Å². The zero-order valence-electron chi connectivity index (χ0n) is 15.6. The molecule has 1 unspecified atom stereocenters. The van der Waals surface area contributed by atoms with Crippen LogP contribution >= 0.6 is 47.9 Å². The average molecular weight is 438 g/mol. The Morgan fingerprint density at radius 3 is 2.74 bits per heavy atom. The van der Waals surface area contributed by atoms with Gasteiger partial charge in [0.05, 0.1) is 4.08 Å². The van der Waals surface area contributed by atoms with Crippen LogP contribution in [-0.2, 0) is 4.87 Å². The molecule has 27 heavy (non-hydrogen) atoms. The Bertz CT molecular complexity index is 735. The zero-order chi connectivity index (χ0) is 18.5. The van der Waals surface area contributed by atoms with Crippen molar-refractivity contribution in [3.05, 3.63) is 35.4 Å². The van der Waals surface area contributed by atoms with Gasteiger partial charge in [0.2, 0.25) is 0 Å². The summed E-state index contributed by atoms with van der Waals surface area (Å²) in [7, 11) is 0. The number of thiol groups is 1. The van der Waals surface area contributed by atoms with Crippen molar-refractivity contribution < 1.29 is 4.79 Å². The minimum Gasteiger partial charge on any atom is -0.316 e. The van der Waals surface area contributed by atoms with Crippen molar-refractivity contribution >= 4 is 53.8 Å². The first kappa shape index (κ1) is 19.1. The molecule has 5 rings (SSSR count). The third kappa shape index (κ3) is 2.83. The molecule has 1 saturated carbocycles. The quantitative estimate of drug-likeness (QED) is 0.631. The van der Waals surface area contributed by atoms with Crippen LogP contribution in [0.1, 0.15) is 54.4 Å². The van der Waals surface area contributed by atoms with Crippen molar-refractivity contribution in [2.75, 3.05) is 23.0 Å². The number of carbonyl (C=O) groups excluding carboxylic acids is 1. The Morgan fingerprint density at radius 1 is 1.15 bits per heavy atom. The molecule has 1 spiro atoms. The highest BCUT2D eigenvalue weighted by Crippen LogP contribution is 2.67. The average Bonchev–Trinajstić information content (AvgIpc) is 2.96. The molecule has 3 heterocycles. The molecule has 2 nitrogen and oxygen atoms in total. The fourth-order valence-electron chi connectivity index (χ4n) is 5.75. The molecule has 2 saturated heterocycles. The Balaban J connectivity index is 1.67. The fraction of sp³-hybridized carbons (Fsp3) is 0.667. The van der Waals surface area contributed by atoms with Crippen LogP contribution in [-0.4, -0.2) is 43.9 Å². The second-order valence-corrected chi connectivity index (χ2v) is 13.0. The Morgan fingerprint density at radius 2 is 1.93 bits per heavy atom. The first-order chi connectivity index (χ1) is 13.2. The molecule has 146 valence electrons. The van der Waals surface area contributed by atoms with E-state index in [0.717, 1.165) is 23.5 Å². The molecule has 0 bridgehead atoms. The number of hydrogen-bond donors (Lipinski definition) is 1. The van der Waals surface area contributed by atoms with E-state index >= 15 is 0 Å². The third-order valence-corrected chi connectivity index (χ3v) is 12.2. The van der Waals surface area contributed by atoms with Crippen LogP contribution in [0.15, 0.2) is 24.3 Å². The van der Waals surface area contributed by atoms with Gasteiger partial charge in [-0.3, -0.25) is 4.79 Å². The van der Waals surface area contributed by atoms with Crippen molar-refractivity contribution in [3.63, 3.8) is 0 Å². The monoisotopic (exact) mass is 437 g/mol. The Labute approximate surface area is 180 Å². The van der Waals surface area contributed by atoms with Gasteiger partial charge < -0.3 is 4.90 Å². The molecule has 4 aliphatic rings. The van der Waals surface area contributed by atoms with Gasteiger partial charge >= 0.3 is 0 Å². The summed E-state index contributed by atoms with van der Waals surface area (Å²) in [6, 6.07) is 8.85. The van der Waals surface area contributed by atoms with E-state index < -0.39 is 0 Å². The van der Waals surface area contributed by atoms with Crippen LogP contribution in [0, 0.1) is 5.92 Å². The van der Waals surface area contributed by atoms with E-state index in [1.54, 1.807) is 0 Å². The van der Waals surface area contributed by atoms with E-state index in [2.05, 4.69) is 59.3 Å². The summed E-state index contributed by atoms with van der Waals surface area (Å²) in [5.41, 5.74) is 2.23. The smallest absolute Gasteiger partial charge is 0.255 e. The van der Waals surface area contributed by atoms with Crippen LogP contribution in [0.5, 0.6) is 0 Å². The maximum atomic E-state index is 13.6. The highest BCUT2D eigenvalue weighted by atomic mass is 32.2. The van der Waals surface area contributed by atoms with Gasteiger partial charge in [-0.25, -0.2) is 0 Å². The second-order valence-electron chi connectivity index (χ2n) is 8.07. The van der Waals surface area contributed by atoms with Crippen LogP contribution in [0.3, 0.4) is 0 Å². The third-order valence-electron chi connectivity index (χ3n) is 6.71. The number of fused-ring (bicyclic) bond motifs is 6. The number of thioether (sulfide) groups is 3. The molecule has 3 atom stereocenters. The zero-order valence-corrected chi connectivity index (χ0v) is 18.9. The molecule has 0 radical (unpaired) electrons. The van der Waals surface area contributed by atoms with E-state index in [-0.39, 0.29) is 14.9 Å². The number of rotatable bonds is 3. The van der Waals surface area contributed by atoms with Crippen LogP contribution < -0.4 is 0 Å². The molecule has 6 heteroatoms. The maximum Gasteiger partial charge on any atom is 0.255 e. The molecule has 1 aliphatic carbocycles. The molecule has 3 aliphatic heterocycles. The first-order valence-electron chi connectivity index (χ1n) is 10.2. The highest BCUT2D eigenvalue weighted by molar-refractivity contribution is 8.18. The lowest BCUT2D eigenvalue weighted by atomic mass is 9.75. The predicted octanol–water partition coefficient (Wildman–Crippen LogP) is 5.49. The van der Waals surface area contributed by atoms with Gasteiger partial charge in [-0.1, -0.05) is 31.0 Å². The lowest BCUT2D eigenvalue weighted by molar-refractivity contribution is 0.00934. The molecule has 1 aromatic rings. The van der Waals surface area contributed by atoms with Crippen LogP contribution in [0.2, 0.25) is 0 Å². The number of piperidine rings is 1. The standard InChI is InChI=1S/C21H27NOS4/c23-19-15-6-1-2-7-16(15)20(25-13-10-24)14-21(26-11-5-12-27-21)17-8-3-4-9-18(17)22(19)20/h1-2,6-7,17-18,24H,3-5,8-14H2/t17-,18-,20?/m1/s1. The number of benzene rings is 1. The molecule has 0 N–H and O–H groups in total. The maximum absolute atomic E-state index is 13.6. The van der Waals surface area contributed by atoms with E-state index in [1.807, 2.05) is 17.8 Å². The number of nitrogens with zero attached hydrogens (tertiary/aromatic N) is 1. The molecule has 3 fully saturated rings. The highest BCUT2D eigenvalue weighted by Gasteiger charge is 2.64. The summed E-state index contributed by atoms with van der Waals surface area (Å²) in [4.78, 5) is 15.8. The second kappa shape index (κ2) is 7.41. The van der Waals surface area contributed by atoms with Gasteiger partial charge in [0.1, 0.15) is 4.87 Å². The summed E-state index contributed by atoms with van der Waals surface area (Å²) in [6.07, 6.45) is 7.48. The van der Waals surface area contributed by atoms with Crippen LogP contribution in [0.25, 0.3) is 0 Å². The normalized spacial score (nSPS) is 34.3. The lowest BCUT2D eigenvalue weighted by Crippen LogP contribution is -2.63.